The molecule has 1 aliphatic heterocycles. The second-order valence-electron chi connectivity index (χ2n) is 6.30. The van der Waals surface area contributed by atoms with Crippen LogP contribution in [-0.4, -0.2) is 41.6 Å². The van der Waals surface area contributed by atoms with Gasteiger partial charge in [-0.2, -0.15) is 0 Å². The van der Waals surface area contributed by atoms with Crippen LogP contribution in [0.5, 0.6) is 0 Å². The van der Waals surface area contributed by atoms with Crippen LogP contribution in [0.1, 0.15) is 18.4 Å². The predicted octanol–water partition coefficient (Wildman–Crippen LogP) is 2.41. The van der Waals surface area contributed by atoms with Crippen molar-refractivity contribution < 1.29 is 9.53 Å². The Kier molecular flexibility index (Phi) is 3.54. The lowest BCUT2D eigenvalue weighted by molar-refractivity contribution is -0.138. The molecule has 4 rings (SSSR count). The van der Waals surface area contributed by atoms with Crippen molar-refractivity contribution in [2.75, 3.05) is 19.7 Å². The predicted molar refractivity (Wildman–Crippen MR) is 84.5 cm³/mol. The summed E-state index contributed by atoms with van der Waals surface area (Å²) in [5, 5.41) is 1.09. The highest BCUT2D eigenvalue weighted by molar-refractivity contribution is 5.82. The Bertz CT molecular complexity index is 696. The van der Waals surface area contributed by atoms with Gasteiger partial charge in [0.05, 0.1) is 24.6 Å². The fourth-order valence-electron chi connectivity index (χ4n) is 3.15. The van der Waals surface area contributed by atoms with Crippen molar-refractivity contribution in [3.63, 3.8) is 0 Å². The molecule has 22 heavy (non-hydrogen) atoms. The molecule has 114 valence electrons. The standard InChI is InChI=1S/C18H20N2O2/c21-18(20-7-8-22-17(12-20)14-5-6-14)10-13-9-15-3-1-2-4-16(15)19-11-13/h1-4,9,11,14,17H,5-8,10,12H2. The molecule has 2 aliphatic rings. The first kappa shape index (κ1) is 13.7. The molecule has 1 aliphatic carbocycles. The van der Waals surface area contributed by atoms with E-state index in [0.29, 0.717) is 25.5 Å². The number of pyridine rings is 1. The van der Waals surface area contributed by atoms with Crippen molar-refractivity contribution in [2.45, 2.75) is 25.4 Å². The number of para-hydroxylation sites is 1. The first-order chi connectivity index (χ1) is 10.8. The number of ether oxygens (including phenoxy) is 1. The van der Waals surface area contributed by atoms with Gasteiger partial charge in [-0.25, -0.2) is 0 Å². The van der Waals surface area contributed by atoms with Crippen molar-refractivity contribution in [2.24, 2.45) is 5.92 Å². The summed E-state index contributed by atoms with van der Waals surface area (Å²) in [5.74, 6) is 0.865. The average molecular weight is 296 g/mol. The summed E-state index contributed by atoms with van der Waals surface area (Å²) in [5.41, 5.74) is 1.96. The molecule has 1 amide bonds. The zero-order valence-electron chi connectivity index (χ0n) is 12.6. The first-order valence-corrected chi connectivity index (χ1v) is 8.02. The van der Waals surface area contributed by atoms with Crippen LogP contribution >= 0.6 is 0 Å². The van der Waals surface area contributed by atoms with E-state index in [4.69, 9.17) is 4.74 Å². The molecular weight excluding hydrogens is 276 g/mol. The van der Waals surface area contributed by atoms with Crippen molar-refractivity contribution in [1.82, 2.24) is 9.88 Å². The van der Waals surface area contributed by atoms with E-state index in [1.807, 2.05) is 35.4 Å². The maximum Gasteiger partial charge on any atom is 0.227 e. The molecule has 0 N–H and O–H groups in total. The van der Waals surface area contributed by atoms with Crippen LogP contribution < -0.4 is 0 Å². The third-order valence-corrected chi connectivity index (χ3v) is 4.60. The van der Waals surface area contributed by atoms with E-state index in [9.17, 15) is 4.79 Å². The van der Waals surface area contributed by atoms with Gasteiger partial charge in [-0.05, 0) is 36.5 Å². The van der Waals surface area contributed by atoms with Crippen molar-refractivity contribution >= 4 is 16.8 Å². The van der Waals surface area contributed by atoms with Gasteiger partial charge in [-0.3, -0.25) is 9.78 Å². The number of nitrogens with zero attached hydrogens (tertiary/aromatic N) is 2. The number of fused-ring (bicyclic) bond motifs is 1. The van der Waals surface area contributed by atoms with Crippen LogP contribution in [0.25, 0.3) is 10.9 Å². The largest absolute Gasteiger partial charge is 0.374 e. The van der Waals surface area contributed by atoms with Gasteiger partial charge in [0.2, 0.25) is 5.91 Å². The summed E-state index contributed by atoms with van der Waals surface area (Å²) < 4.78 is 5.78. The smallest absolute Gasteiger partial charge is 0.227 e. The number of aromatic nitrogens is 1. The quantitative estimate of drug-likeness (QED) is 0.873. The monoisotopic (exact) mass is 296 g/mol. The Morgan fingerprint density at radius 1 is 1.32 bits per heavy atom. The van der Waals surface area contributed by atoms with Crippen molar-refractivity contribution in [3.8, 4) is 0 Å². The highest BCUT2D eigenvalue weighted by atomic mass is 16.5. The maximum atomic E-state index is 12.5. The molecule has 0 radical (unpaired) electrons. The summed E-state index contributed by atoms with van der Waals surface area (Å²) in [6.45, 7) is 2.14. The van der Waals surface area contributed by atoms with Crippen LogP contribution in [0.15, 0.2) is 36.5 Å². The van der Waals surface area contributed by atoms with E-state index in [1.165, 1.54) is 12.8 Å². The number of morpholine rings is 1. The fourth-order valence-corrected chi connectivity index (χ4v) is 3.15. The SMILES string of the molecule is O=C(Cc1cnc2ccccc2c1)N1CCOC(C2CC2)C1. The molecule has 2 heterocycles. The Hall–Kier alpha value is -1.94. The minimum absolute atomic E-state index is 0.186. The van der Waals surface area contributed by atoms with Gasteiger partial charge < -0.3 is 9.64 Å². The van der Waals surface area contributed by atoms with Gasteiger partial charge in [-0.15, -0.1) is 0 Å². The lowest BCUT2D eigenvalue weighted by Crippen LogP contribution is -2.46. The Morgan fingerprint density at radius 3 is 3.05 bits per heavy atom. The van der Waals surface area contributed by atoms with E-state index in [2.05, 4.69) is 11.1 Å². The average Bonchev–Trinajstić information content (AvgIpc) is 3.40. The summed E-state index contributed by atoms with van der Waals surface area (Å²) >= 11 is 0. The van der Waals surface area contributed by atoms with Gasteiger partial charge in [-0.1, -0.05) is 18.2 Å². The third kappa shape index (κ3) is 2.83. The summed E-state index contributed by atoms with van der Waals surface area (Å²) in [4.78, 5) is 18.9. The van der Waals surface area contributed by atoms with E-state index < -0.39 is 0 Å². The molecule has 1 saturated carbocycles. The Balaban J connectivity index is 1.45. The first-order valence-electron chi connectivity index (χ1n) is 8.02. The molecule has 1 aromatic carbocycles. The number of rotatable bonds is 3. The number of hydrogen-bond acceptors (Lipinski definition) is 3. The Labute approximate surface area is 130 Å². The highest BCUT2D eigenvalue weighted by Crippen LogP contribution is 2.35. The van der Waals surface area contributed by atoms with Crippen molar-refractivity contribution in [1.29, 1.82) is 0 Å². The van der Waals surface area contributed by atoms with Crippen LogP contribution in [-0.2, 0) is 16.0 Å². The molecule has 1 aromatic heterocycles. The summed E-state index contributed by atoms with van der Waals surface area (Å²) in [6.07, 6.45) is 5.00. The molecule has 1 unspecified atom stereocenters. The summed E-state index contributed by atoms with van der Waals surface area (Å²) in [6, 6.07) is 10.1. The van der Waals surface area contributed by atoms with Gasteiger partial charge in [0, 0.05) is 24.7 Å². The van der Waals surface area contributed by atoms with Crippen LogP contribution in [0.3, 0.4) is 0 Å². The zero-order chi connectivity index (χ0) is 14.9. The molecule has 4 nitrogen and oxygen atoms in total. The fraction of sp³-hybridized carbons (Fsp3) is 0.444. The van der Waals surface area contributed by atoms with E-state index in [0.717, 1.165) is 23.0 Å². The molecule has 0 spiro atoms. The van der Waals surface area contributed by atoms with E-state index in [-0.39, 0.29) is 12.0 Å². The lowest BCUT2D eigenvalue weighted by atomic mass is 10.1. The number of carbonyl (C=O) groups excluding carboxylic acids is 1. The second kappa shape index (κ2) is 5.69. The third-order valence-electron chi connectivity index (χ3n) is 4.60. The lowest BCUT2D eigenvalue weighted by Gasteiger charge is -2.33. The minimum atomic E-state index is 0.186. The molecular formula is C18H20N2O2. The number of amides is 1. The van der Waals surface area contributed by atoms with Crippen molar-refractivity contribution in [3.05, 3.63) is 42.1 Å². The van der Waals surface area contributed by atoms with E-state index >= 15 is 0 Å². The highest BCUT2D eigenvalue weighted by Gasteiger charge is 2.36. The van der Waals surface area contributed by atoms with Gasteiger partial charge in [0.15, 0.2) is 0 Å². The van der Waals surface area contributed by atoms with Gasteiger partial charge >= 0.3 is 0 Å². The van der Waals surface area contributed by atoms with Gasteiger partial charge in [0.25, 0.3) is 0 Å². The number of benzene rings is 1. The molecule has 2 fully saturated rings. The number of hydrogen-bond donors (Lipinski definition) is 0. The van der Waals surface area contributed by atoms with E-state index in [1.54, 1.807) is 0 Å². The number of carbonyl (C=O) groups is 1. The molecule has 2 aromatic rings. The topological polar surface area (TPSA) is 42.4 Å². The van der Waals surface area contributed by atoms with Crippen LogP contribution in [0, 0.1) is 5.92 Å². The van der Waals surface area contributed by atoms with Gasteiger partial charge in [0.1, 0.15) is 0 Å². The zero-order valence-corrected chi connectivity index (χ0v) is 12.6. The maximum absolute atomic E-state index is 12.5. The van der Waals surface area contributed by atoms with Crippen LogP contribution in [0.2, 0.25) is 0 Å². The Morgan fingerprint density at radius 2 is 2.18 bits per heavy atom. The van der Waals surface area contributed by atoms with Crippen LogP contribution in [0.4, 0.5) is 0 Å². The molecule has 1 saturated heterocycles. The molecule has 4 heteroatoms. The molecule has 1 atom stereocenters. The summed E-state index contributed by atoms with van der Waals surface area (Å²) in [7, 11) is 0. The molecule has 0 bridgehead atoms. The normalized spacial score (nSPS) is 22.0. The second-order valence-corrected chi connectivity index (χ2v) is 6.30. The minimum Gasteiger partial charge on any atom is -0.374 e.